The topological polar surface area (TPSA) is 184 Å². The van der Waals surface area contributed by atoms with Crippen LogP contribution in [0.4, 0.5) is 0 Å². The van der Waals surface area contributed by atoms with Gasteiger partial charge in [0.15, 0.2) is 6.10 Å². The first-order valence-corrected chi connectivity index (χ1v) is 13.9. The Morgan fingerprint density at radius 1 is 1.00 bits per heavy atom. The predicted octanol–water partition coefficient (Wildman–Crippen LogP) is 0.753. The zero-order valence-corrected chi connectivity index (χ0v) is 22.9. The fraction of sp³-hybridized carbons (Fsp3) is 0.467. The van der Waals surface area contributed by atoms with E-state index in [0.29, 0.717) is 23.8 Å². The number of pyridine rings is 1. The van der Waals surface area contributed by atoms with Gasteiger partial charge in [0.25, 0.3) is 0 Å². The minimum Gasteiger partial charge on any atom is -0.506 e. The Morgan fingerprint density at radius 3 is 2.22 bits per heavy atom. The molecule has 3 aromatic rings. The summed E-state index contributed by atoms with van der Waals surface area (Å²) in [5.41, 5.74) is 4.81. The molecular weight excluding hydrogens is 532 g/mol. The van der Waals surface area contributed by atoms with Crippen LogP contribution in [0.5, 0.6) is 5.75 Å². The number of nitrogens with zero attached hydrogens (tertiary/aromatic N) is 1. The molecule has 1 aromatic heterocycles. The van der Waals surface area contributed by atoms with Gasteiger partial charge < -0.3 is 40.4 Å². The van der Waals surface area contributed by atoms with Gasteiger partial charge in [0, 0.05) is 24.0 Å². The molecule has 2 aromatic carbocycles. The van der Waals surface area contributed by atoms with Crippen molar-refractivity contribution < 1.29 is 40.2 Å². The van der Waals surface area contributed by atoms with E-state index >= 15 is 0 Å². The molecule has 0 amide bonds. The lowest BCUT2D eigenvalue weighted by Crippen LogP contribution is -2.66. The van der Waals surface area contributed by atoms with Crippen LogP contribution in [-0.2, 0) is 35.2 Å². The summed E-state index contributed by atoms with van der Waals surface area (Å²) in [5.74, 6) is -1.65. The molecule has 1 aliphatic carbocycles. The van der Waals surface area contributed by atoms with E-state index in [2.05, 4.69) is 31.0 Å². The van der Waals surface area contributed by atoms with E-state index in [-0.39, 0.29) is 23.9 Å². The van der Waals surface area contributed by atoms with Crippen molar-refractivity contribution in [2.45, 2.75) is 82.3 Å². The van der Waals surface area contributed by atoms with Crippen molar-refractivity contribution in [3.8, 4) is 5.75 Å². The highest BCUT2D eigenvalue weighted by molar-refractivity contribution is 5.87. The SMILES string of the molecule is CCc1cc2c(cc1CC)CC(N(C[C@H](O)c1ccc(O)c3[nH]c(=O)ccc13)[C@@H]1O[C@H](C(=O)O)[C@@H](O)[C@H](O)[C@H]1O)C2. The highest BCUT2D eigenvalue weighted by Gasteiger charge is 2.50. The van der Waals surface area contributed by atoms with Gasteiger partial charge in [-0.3, -0.25) is 9.69 Å². The molecule has 2 heterocycles. The minimum atomic E-state index is -1.84. The van der Waals surface area contributed by atoms with Crippen molar-refractivity contribution >= 4 is 16.9 Å². The third-order valence-electron chi connectivity index (χ3n) is 8.47. The lowest BCUT2D eigenvalue weighted by molar-refractivity contribution is -0.266. The van der Waals surface area contributed by atoms with Gasteiger partial charge >= 0.3 is 5.97 Å². The molecule has 1 aliphatic heterocycles. The standard InChI is InChI=1S/C30H36N2O9/c1-3-14-9-16-11-18(12-17(16)10-15(14)4-2)32(29-27(38)25(36)26(37)28(41-29)30(39)40)13-22(34)19-5-7-21(33)24-20(19)6-8-23(35)31-24/h5-10,18,22,25-29,33-34,36-38H,3-4,11-13H2,1-2H3,(H,31,35)(H,39,40)/t22-,25-,26-,27+,28-,29+/m0/s1. The zero-order valence-electron chi connectivity index (χ0n) is 22.9. The molecule has 0 bridgehead atoms. The summed E-state index contributed by atoms with van der Waals surface area (Å²) in [4.78, 5) is 28.0. The second-order valence-electron chi connectivity index (χ2n) is 10.9. The Hall–Kier alpha value is -3.32. The highest BCUT2D eigenvalue weighted by Crippen LogP contribution is 2.36. The van der Waals surface area contributed by atoms with Crippen LogP contribution >= 0.6 is 0 Å². The maximum Gasteiger partial charge on any atom is 0.335 e. The number of rotatable bonds is 8. The average Bonchev–Trinajstić information content (AvgIpc) is 3.37. The normalized spacial score (nSPS) is 25.5. The van der Waals surface area contributed by atoms with E-state index in [9.17, 15) is 40.2 Å². The number of hydrogen-bond donors (Lipinski definition) is 7. The van der Waals surface area contributed by atoms with Crippen molar-refractivity contribution in [3.05, 3.63) is 74.6 Å². The maximum absolute atomic E-state index is 11.9. The quantitative estimate of drug-likeness (QED) is 0.205. The van der Waals surface area contributed by atoms with Crippen molar-refractivity contribution in [3.63, 3.8) is 0 Å². The molecule has 5 rings (SSSR count). The number of benzene rings is 2. The number of ether oxygens (including phenoxy) is 1. The van der Waals surface area contributed by atoms with E-state index in [1.54, 1.807) is 4.90 Å². The number of hydrogen-bond acceptors (Lipinski definition) is 9. The highest BCUT2D eigenvalue weighted by atomic mass is 16.6. The number of phenolic OH excluding ortho intramolecular Hbond substituents is 1. The molecule has 1 saturated heterocycles. The molecule has 7 N–H and O–H groups in total. The van der Waals surface area contributed by atoms with Crippen molar-refractivity contribution in [2.24, 2.45) is 0 Å². The number of aliphatic carboxylic acids is 1. The van der Waals surface area contributed by atoms with Gasteiger partial charge in [0.1, 0.15) is 30.3 Å². The summed E-state index contributed by atoms with van der Waals surface area (Å²) in [6, 6.07) is 9.66. The Kier molecular flexibility index (Phi) is 8.20. The molecule has 220 valence electrons. The van der Waals surface area contributed by atoms with Crippen LogP contribution in [0, 0.1) is 0 Å². The van der Waals surface area contributed by atoms with Gasteiger partial charge in [-0.2, -0.15) is 0 Å². The number of aliphatic hydroxyl groups is 4. The summed E-state index contributed by atoms with van der Waals surface area (Å²) in [5, 5.41) is 63.8. The Bertz CT molecular complexity index is 1470. The maximum atomic E-state index is 11.9. The molecule has 0 spiro atoms. The second kappa shape index (κ2) is 11.5. The summed E-state index contributed by atoms with van der Waals surface area (Å²) in [7, 11) is 0. The molecule has 0 saturated carbocycles. The van der Waals surface area contributed by atoms with Crippen LogP contribution in [0.15, 0.2) is 41.2 Å². The summed E-state index contributed by atoms with van der Waals surface area (Å²) in [6.07, 6.45) is -6.88. The van der Waals surface area contributed by atoms with E-state index in [0.717, 1.165) is 24.0 Å². The Balaban J connectivity index is 1.54. The van der Waals surface area contributed by atoms with E-state index in [1.807, 2.05) is 0 Å². The fourth-order valence-corrected chi connectivity index (χ4v) is 6.29. The molecule has 0 unspecified atom stereocenters. The largest absolute Gasteiger partial charge is 0.506 e. The van der Waals surface area contributed by atoms with Crippen molar-refractivity contribution in [1.82, 2.24) is 9.88 Å². The molecule has 1 fully saturated rings. The monoisotopic (exact) mass is 568 g/mol. The first kappa shape index (κ1) is 29.2. The van der Waals surface area contributed by atoms with Gasteiger partial charge in [0.2, 0.25) is 5.56 Å². The van der Waals surface area contributed by atoms with Gasteiger partial charge in [-0.25, -0.2) is 4.79 Å². The zero-order chi connectivity index (χ0) is 29.6. The van der Waals surface area contributed by atoms with E-state index in [4.69, 9.17) is 4.74 Å². The third kappa shape index (κ3) is 5.36. The molecule has 11 heteroatoms. The second-order valence-corrected chi connectivity index (χ2v) is 10.9. The minimum absolute atomic E-state index is 0.143. The Labute approximate surface area is 236 Å². The molecule has 41 heavy (non-hydrogen) atoms. The summed E-state index contributed by atoms with van der Waals surface area (Å²) < 4.78 is 5.73. The first-order valence-electron chi connectivity index (χ1n) is 13.9. The number of carboxylic acids is 1. The number of nitrogens with one attached hydrogen (secondary N) is 1. The summed E-state index contributed by atoms with van der Waals surface area (Å²) in [6.45, 7) is 4.04. The number of phenols is 1. The lowest BCUT2D eigenvalue weighted by Gasteiger charge is -2.46. The van der Waals surface area contributed by atoms with Gasteiger partial charge in [0.05, 0.1) is 11.6 Å². The van der Waals surface area contributed by atoms with Gasteiger partial charge in [-0.15, -0.1) is 0 Å². The number of carboxylic acid groups (broad SMARTS) is 1. The number of aromatic nitrogens is 1. The van der Waals surface area contributed by atoms with E-state index in [1.165, 1.54) is 35.4 Å². The van der Waals surface area contributed by atoms with Crippen LogP contribution in [0.2, 0.25) is 0 Å². The third-order valence-corrected chi connectivity index (χ3v) is 8.47. The predicted molar refractivity (Wildman–Crippen MR) is 149 cm³/mol. The number of H-pyrrole nitrogens is 1. The van der Waals surface area contributed by atoms with Gasteiger partial charge in [-0.1, -0.05) is 32.0 Å². The average molecular weight is 569 g/mol. The number of carbonyl (C=O) groups is 1. The van der Waals surface area contributed by atoms with Crippen LogP contribution in [0.1, 0.15) is 47.8 Å². The number of fused-ring (bicyclic) bond motifs is 2. The number of aryl methyl sites for hydroxylation is 2. The smallest absolute Gasteiger partial charge is 0.335 e. The summed E-state index contributed by atoms with van der Waals surface area (Å²) >= 11 is 0. The Morgan fingerprint density at radius 2 is 1.63 bits per heavy atom. The number of aliphatic hydroxyl groups excluding tert-OH is 4. The van der Waals surface area contributed by atoms with Crippen molar-refractivity contribution in [2.75, 3.05) is 6.54 Å². The van der Waals surface area contributed by atoms with Crippen LogP contribution in [-0.4, -0.2) is 89.7 Å². The molecule has 6 atom stereocenters. The number of aromatic amines is 1. The van der Waals surface area contributed by atoms with Crippen molar-refractivity contribution in [1.29, 1.82) is 0 Å². The lowest BCUT2D eigenvalue weighted by atomic mass is 9.95. The van der Waals surface area contributed by atoms with E-state index < -0.39 is 48.3 Å². The van der Waals surface area contributed by atoms with Crippen LogP contribution in [0.3, 0.4) is 0 Å². The molecule has 11 nitrogen and oxygen atoms in total. The van der Waals surface area contributed by atoms with Crippen LogP contribution in [0.25, 0.3) is 10.9 Å². The van der Waals surface area contributed by atoms with Gasteiger partial charge in [-0.05, 0) is 65.6 Å². The first-order chi connectivity index (χ1) is 19.5. The number of aromatic hydroxyl groups is 1. The fourth-order valence-electron chi connectivity index (χ4n) is 6.29. The molecule has 2 aliphatic rings. The van der Waals surface area contributed by atoms with Crippen LogP contribution < -0.4 is 5.56 Å². The molecule has 0 radical (unpaired) electrons. The molecular formula is C30H36N2O9.